The number of aromatic amines is 2. The van der Waals surface area contributed by atoms with Gasteiger partial charge in [-0.25, -0.2) is 0 Å². The van der Waals surface area contributed by atoms with Gasteiger partial charge in [0.25, 0.3) is 0 Å². The van der Waals surface area contributed by atoms with Crippen molar-refractivity contribution in [3.8, 4) is 22.6 Å². The zero-order valence-electron chi connectivity index (χ0n) is 17.8. The fourth-order valence-corrected chi connectivity index (χ4v) is 4.74. The Labute approximate surface area is 185 Å². The maximum atomic E-state index is 4.66. The Bertz CT molecular complexity index is 1340. The zero-order chi connectivity index (χ0) is 21.3. The van der Waals surface area contributed by atoms with Gasteiger partial charge in [-0.15, -0.1) is 0 Å². The van der Waals surface area contributed by atoms with Crippen molar-refractivity contribution < 1.29 is 0 Å². The molecule has 32 heavy (non-hydrogen) atoms. The number of hydrogen-bond acceptors (Lipinski definition) is 5. The van der Waals surface area contributed by atoms with Gasteiger partial charge in [-0.3, -0.25) is 20.1 Å². The van der Waals surface area contributed by atoms with Crippen LogP contribution in [-0.2, 0) is 6.54 Å². The fourth-order valence-electron chi connectivity index (χ4n) is 4.74. The summed E-state index contributed by atoms with van der Waals surface area (Å²) < 4.78 is 0. The van der Waals surface area contributed by atoms with Crippen molar-refractivity contribution in [2.75, 3.05) is 6.54 Å². The monoisotopic (exact) mass is 423 g/mol. The van der Waals surface area contributed by atoms with Crippen LogP contribution in [0.15, 0.2) is 55.2 Å². The minimum atomic E-state index is 0.829. The molecule has 5 aromatic heterocycles. The first-order valence-corrected chi connectivity index (χ1v) is 11.3. The highest BCUT2D eigenvalue weighted by atomic mass is 15.1. The third-order valence-electron chi connectivity index (χ3n) is 6.45. The molecular formula is C25H25N7. The van der Waals surface area contributed by atoms with Crippen molar-refractivity contribution in [2.24, 2.45) is 5.92 Å². The van der Waals surface area contributed by atoms with Gasteiger partial charge >= 0.3 is 0 Å². The van der Waals surface area contributed by atoms with Gasteiger partial charge in [0.1, 0.15) is 5.69 Å². The average Bonchev–Trinajstić information content (AvgIpc) is 3.58. The SMILES string of the molecule is c1cc2[nH]c(-c3n[nH]c4cnc(-c5cncc(CNCC6CCCC6)c5)cc34)cc2cn1. The van der Waals surface area contributed by atoms with E-state index in [4.69, 9.17) is 0 Å². The van der Waals surface area contributed by atoms with E-state index in [1.807, 2.05) is 30.9 Å². The second-order valence-corrected chi connectivity index (χ2v) is 8.70. The molecule has 7 heteroatoms. The van der Waals surface area contributed by atoms with Crippen molar-refractivity contribution in [1.82, 2.24) is 35.5 Å². The first kappa shape index (κ1) is 19.1. The average molecular weight is 424 g/mol. The highest BCUT2D eigenvalue weighted by Gasteiger charge is 2.15. The molecule has 0 amide bonds. The molecule has 1 aliphatic carbocycles. The number of fused-ring (bicyclic) bond motifs is 2. The maximum Gasteiger partial charge on any atom is 0.116 e. The molecule has 0 bridgehead atoms. The molecule has 160 valence electrons. The van der Waals surface area contributed by atoms with Gasteiger partial charge in [0.05, 0.1) is 23.1 Å². The molecule has 0 saturated heterocycles. The minimum absolute atomic E-state index is 0.829. The summed E-state index contributed by atoms with van der Waals surface area (Å²) in [4.78, 5) is 16.8. The van der Waals surface area contributed by atoms with Gasteiger partial charge in [0, 0.05) is 53.2 Å². The van der Waals surface area contributed by atoms with Crippen LogP contribution < -0.4 is 5.32 Å². The number of nitrogens with one attached hydrogen (secondary N) is 3. The lowest BCUT2D eigenvalue weighted by Gasteiger charge is -2.11. The highest BCUT2D eigenvalue weighted by molar-refractivity contribution is 5.96. The van der Waals surface area contributed by atoms with E-state index < -0.39 is 0 Å². The summed E-state index contributed by atoms with van der Waals surface area (Å²) in [5.74, 6) is 0.829. The first-order chi connectivity index (χ1) is 15.8. The molecular weight excluding hydrogens is 398 g/mol. The zero-order valence-corrected chi connectivity index (χ0v) is 17.8. The number of aromatic nitrogens is 6. The minimum Gasteiger partial charge on any atom is -0.353 e. The molecule has 5 heterocycles. The number of rotatable bonds is 6. The molecule has 3 N–H and O–H groups in total. The molecule has 0 radical (unpaired) electrons. The first-order valence-electron chi connectivity index (χ1n) is 11.3. The number of H-pyrrole nitrogens is 2. The summed E-state index contributed by atoms with van der Waals surface area (Å²) >= 11 is 0. The van der Waals surface area contributed by atoms with Crippen molar-refractivity contribution >= 4 is 21.8 Å². The molecule has 1 saturated carbocycles. The Morgan fingerprint density at radius 3 is 2.81 bits per heavy atom. The number of pyridine rings is 3. The van der Waals surface area contributed by atoms with E-state index >= 15 is 0 Å². The van der Waals surface area contributed by atoms with Crippen molar-refractivity contribution in [1.29, 1.82) is 0 Å². The number of nitrogens with zero attached hydrogens (tertiary/aromatic N) is 4. The summed E-state index contributed by atoms with van der Waals surface area (Å²) in [6, 6.07) is 8.32. The lowest BCUT2D eigenvalue weighted by atomic mass is 10.1. The molecule has 1 aliphatic rings. The van der Waals surface area contributed by atoms with Crippen LogP contribution >= 0.6 is 0 Å². The van der Waals surface area contributed by atoms with E-state index in [0.29, 0.717) is 0 Å². The van der Waals surface area contributed by atoms with Crippen LogP contribution in [0.5, 0.6) is 0 Å². The summed E-state index contributed by atoms with van der Waals surface area (Å²) in [5, 5.41) is 13.3. The highest BCUT2D eigenvalue weighted by Crippen LogP contribution is 2.30. The Balaban J connectivity index is 1.28. The lowest BCUT2D eigenvalue weighted by molar-refractivity contribution is 0.489. The molecule has 0 spiro atoms. The van der Waals surface area contributed by atoms with Crippen LogP contribution in [0.1, 0.15) is 31.2 Å². The standard InChI is InChI=1S/C25H25N7/c1-2-4-16(3-1)10-27-11-17-7-18(14-28-12-17)22-9-20-24(15-29-22)31-32-25(20)23-8-19-13-26-6-5-21(19)30-23/h5-9,12-16,27,30H,1-4,10-11H2,(H,31,32). The van der Waals surface area contributed by atoms with Crippen molar-refractivity contribution in [2.45, 2.75) is 32.2 Å². The van der Waals surface area contributed by atoms with Crippen LogP contribution in [0.25, 0.3) is 44.5 Å². The summed E-state index contributed by atoms with van der Waals surface area (Å²) in [5.41, 5.74) is 6.87. The van der Waals surface area contributed by atoms with Crippen molar-refractivity contribution in [3.05, 3.63) is 60.8 Å². The fraction of sp³-hybridized carbons (Fsp3) is 0.280. The van der Waals surface area contributed by atoms with Gasteiger partial charge in [-0.1, -0.05) is 12.8 Å². The molecule has 0 aliphatic heterocycles. The largest absolute Gasteiger partial charge is 0.353 e. The van der Waals surface area contributed by atoms with E-state index in [2.05, 4.69) is 53.6 Å². The third kappa shape index (κ3) is 3.65. The smallest absolute Gasteiger partial charge is 0.116 e. The Hall–Kier alpha value is -3.58. The normalized spacial score (nSPS) is 14.6. The van der Waals surface area contributed by atoms with Crippen LogP contribution in [0, 0.1) is 5.92 Å². The van der Waals surface area contributed by atoms with E-state index in [-0.39, 0.29) is 0 Å². The molecule has 7 nitrogen and oxygen atoms in total. The molecule has 0 atom stereocenters. The molecule has 0 aromatic carbocycles. The predicted octanol–water partition coefficient (Wildman–Crippen LogP) is 4.84. The Kier molecular flexibility index (Phi) is 4.88. The maximum absolute atomic E-state index is 4.66. The van der Waals surface area contributed by atoms with Gasteiger partial charge in [-0.2, -0.15) is 5.10 Å². The topological polar surface area (TPSA) is 95.2 Å². The van der Waals surface area contributed by atoms with E-state index in [1.54, 1.807) is 6.20 Å². The van der Waals surface area contributed by atoms with Crippen LogP contribution in [0.3, 0.4) is 0 Å². The van der Waals surface area contributed by atoms with E-state index in [9.17, 15) is 0 Å². The van der Waals surface area contributed by atoms with Crippen LogP contribution in [0.4, 0.5) is 0 Å². The third-order valence-corrected chi connectivity index (χ3v) is 6.45. The molecule has 1 fully saturated rings. The van der Waals surface area contributed by atoms with Crippen molar-refractivity contribution in [3.63, 3.8) is 0 Å². The Morgan fingerprint density at radius 1 is 0.969 bits per heavy atom. The summed E-state index contributed by atoms with van der Waals surface area (Å²) in [6.07, 6.45) is 14.8. The van der Waals surface area contributed by atoms with Crippen LogP contribution in [0.2, 0.25) is 0 Å². The second kappa shape index (κ2) is 8.16. The van der Waals surface area contributed by atoms with Gasteiger partial charge in [0.15, 0.2) is 0 Å². The summed E-state index contributed by atoms with van der Waals surface area (Å²) in [6.45, 7) is 1.92. The van der Waals surface area contributed by atoms with Gasteiger partial charge < -0.3 is 10.3 Å². The summed E-state index contributed by atoms with van der Waals surface area (Å²) in [7, 11) is 0. The Morgan fingerprint density at radius 2 is 1.91 bits per heavy atom. The van der Waals surface area contributed by atoms with Gasteiger partial charge in [-0.05, 0) is 55.1 Å². The predicted molar refractivity (Wildman–Crippen MR) is 126 cm³/mol. The van der Waals surface area contributed by atoms with E-state index in [0.717, 1.165) is 63.5 Å². The molecule has 6 rings (SSSR count). The van der Waals surface area contributed by atoms with Gasteiger partial charge in [0.2, 0.25) is 0 Å². The molecule has 0 unspecified atom stereocenters. The quantitative estimate of drug-likeness (QED) is 0.363. The molecule has 5 aromatic rings. The number of hydrogen-bond donors (Lipinski definition) is 3. The lowest BCUT2D eigenvalue weighted by Crippen LogP contribution is -2.20. The van der Waals surface area contributed by atoms with Crippen LogP contribution in [-0.4, -0.2) is 36.7 Å². The van der Waals surface area contributed by atoms with E-state index in [1.165, 1.54) is 31.2 Å². The second-order valence-electron chi connectivity index (χ2n) is 8.70.